The van der Waals surface area contributed by atoms with Gasteiger partial charge in [0.1, 0.15) is 0 Å². The Bertz CT molecular complexity index is 638. The standard InChI is InChI=1S/C23H32N2O/c1-3-25(19-21-9-5-4-6-10-21)16-12-20(2)23(13-17-26-18-14-23)22-11-7-8-15-24-22/h4-11,15,20H,3,12-14,16-19H2,1-2H3. The maximum absolute atomic E-state index is 5.68. The van der Waals surface area contributed by atoms with E-state index in [2.05, 4.69) is 61.2 Å². The van der Waals surface area contributed by atoms with Gasteiger partial charge in [-0.3, -0.25) is 9.88 Å². The van der Waals surface area contributed by atoms with Gasteiger partial charge in [0.2, 0.25) is 0 Å². The quantitative estimate of drug-likeness (QED) is 0.690. The van der Waals surface area contributed by atoms with Crippen LogP contribution in [-0.4, -0.2) is 36.2 Å². The molecule has 3 heteroatoms. The van der Waals surface area contributed by atoms with Crippen LogP contribution in [0.3, 0.4) is 0 Å². The number of benzene rings is 1. The maximum Gasteiger partial charge on any atom is 0.0475 e. The van der Waals surface area contributed by atoms with Gasteiger partial charge in [0, 0.05) is 37.1 Å². The summed E-state index contributed by atoms with van der Waals surface area (Å²) < 4.78 is 5.68. The van der Waals surface area contributed by atoms with Crippen molar-refractivity contribution in [2.24, 2.45) is 5.92 Å². The lowest BCUT2D eigenvalue weighted by molar-refractivity contribution is 0.0232. The first-order valence-corrected chi connectivity index (χ1v) is 10.00. The van der Waals surface area contributed by atoms with E-state index in [1.54, 1.807) is 0 Å². The molecule has 2 aromatic rings. The van der Waals surface area contributed by atoms with Crippen molar-refractivity contribution in [2.75, 3.05) is 26.3 Å². The number of hydrogen-bond acceptors (Lipinski definition) is 3. The number of hydrogen-bond donors (Lipinski definition) is 0. The van der Waals surface area contributed by atoms with Crippen molar-refractivity contribution in [1.29, 1.82) is 0 Å². The summed E-state index contributed by atoms with van der Waals surface area (Å²) >= 11 is 0. The molecule has 1 aliphatic heterocycles. The Kier molecular flexibility index (Phi) is 6.81. The van der Waals surface area contributed by atoms with Crippen molar-refractivity contribution >= 4 is 0 Å². The van der Waals surface area contributed by atoms with Crippen LogP contribution in [0.4, 0.5) is 0 Å². The van der Waals surface area contributed by atoms with Gasteiger partial charge in [0.05, 0.1) is 0 Å². The third-order valence-electron chi connectivity index (χ3n) is 6.08. The largest absolute Gasteiger partial charge is 0.381 e. The van der Waals surface area contributed by atoms with Gasteiger partial charge in [-0.2, -0.15) is 0 Å². The first kappa shape index (κ1) is 19.1. The minimum absolute atomic E-state index is 0.158. The molecule has 0 saturated carbocycles. The van der Waals surface area contributed by atoms with E-state index < -0.39 is 0 Å². The molecule has 0 radical (unpaired) electrons. The Morgan fingerprint density at radius 1 is 1.08 bits per heavy atom. The first-order chi connectivity index (χ1) is 12.7. The topological polar surface area (TPSA) is 25.4 Å². The molecule has 140 valence electrons. The van der Waals surface area contributed by atoms with E-state index >= 15 is 0 Å². The molecule has 1 aliphatic rings. The monoisotopic (exact) mass is 352 g/mol. The molecule has 1 aromatic heterocycles. The van der Waals surface area contributed by atoms with Crippen molar-refractivity contribution in [3.8, 4) is 0 Å². The van der Waals surface area contributed by atoms with E-state index in [0.29, 0.717) is 5.92 Å². The third kappa shape index (κ3) is 4.52. The summed E-state index contributed by atoms with van der Waals surface area (Å²) in [6, 6.07) is 17.1. The summed E-state index contributed by atoms with van der Waals surface area (Å²) in [5, 5.41) is 0. The molecule has 0 bridgehead atoms. The third-order valence-corrected chi connectivity index (χ3v) is 6.08. The first-order valence-electron chi connectivity index (χ1n) is 10.00. The van der Waals surface area contributed by atoms with Gasteiger partial charge >= 0.3 is 0 Å². The maximum atomic E-state index is 5.68. The minimum Gasteiger partial charge on any atom is -0.381 e. The van der Waals surface area contributed by atoms with Crippen molar-refractivity contribution in [1.82, 2.24) is 9.88 Å². The van der Waals surface area contributed by atoms with E-state index in [-0.39, 0.29) is 5.41 Å². The number of nitrogens with zero attached hydrogens (tertiary/aromatic N) is 2. The second-order valence-electron chi connectivity index (χ2n) is 7.53. The number of aromatic nitrogens is 1. The lowest BCUT2D eigenvalue weighted by atomic mass is 9.67. The lowest BCUT2D eigenvalue weighted by Gasteiger charge is -2.42. The highest BCUT2D eigenvalue weighted by Crippen LogP contribution is 2.42. The smallest absolute Gasteiger partial charge is 0.0475 e. The van der Waals surface area contributed by atoms with Gasteiger partial charge in [-0.05, 0) is 56.0 Å². The summed E-state index contributed by atoms with van der Waals surface area (Å²) in [6.45, 7) is 9.62. The van der Waals surface area contributed by atoms with Crippen LogP contribution in [0.1, 0.15) is 44.4 Å². The molecule has 0 spiro atoms. The van der Waals surface area contributed by atoms with E-state index in [1.165, 1.54) is 17.7 Å². The average Bonchev–Trinajstić information content (AvgIpc) is 2.72. The fourth-order valence-electron chi connectivity index (χ4n) is 4.24. The van der Waals surface area contributed by atoms with Crippen LogP contribution in [0.2, 0.25) is 0 Å². The zero-order valence-electron chi connectivity index (χ0n) is 16.2. The molecule has 0 amide bonds. The van der Waals surface area contributed by atoms with E-state index in [9.17, 15) is 0 Å². The molecule has 1 saturated heterocycles. The number of ether oxygens (including phenoxy) is 1. The highest BCUT2D eigenvalue weighted by Gasteiger charge is 2.40. The zero-order valence-corrected chi connectivity index (χ0v) is 16.2. The van der Waals surface area contributed by atoms with Gasteiger partial charge < -0.3 is 4.74 Å². The molecule has 1 atom stereocenters. The zero-order chi connectivity index (χ0) is 18.2. The predicted octanol–water partition coefficient (Wildman–Crippen LogP) is 4.68. The van der Waals surface area contributed by atoms with Crippen LogP contribution in [-0.2, 0) is 16.7 Å². The molecular formula is C23H32N2O. The summed E-state index contributed by atoms with van der Waals surface area (Å²) in [6.07, 6.45) is 5.29. The second-order valence-corrected chi connectivity index (χ2v) is 7.53. The van der Waals surface area contributed by atoms with Gasteiger partial charge in [0.15, 0.2) is 0 Å². The SMILES string of the molecule is CCN(CCC(C)C1(c2ccccn2)CCOCC1)Cc1ccccc1. The lowest BCUT2D eigenvalue weighted by Crippen LogP contribution is -2.41. The molecular weight excluding hydrogens is 320 g/mol. The highest BCUT2D eigenvalue weighted by atomic mass is 16.5. The van der Waals surface area contributed by atoms with Crippen molar-refractivity contribution in [3.63, 3.8) is 0 Å². The summed E-state index contributed by atoms with van der Waals surface area (Å²) in [4.78, 5) is 7.29. The number of rotatable bonds is 8. The Balaban J connectivity index is 1.66. The van der Waals surface area contributed by atoms with E-state index in [4.69, 9.17) is 9.72 Å². The van der Waals surface area contributed by atoms with Gasteiger partial charge in [-0.1, -0.05) is 50.2 Å². The van der Waals surface area contributed by atoms with Gasteiger partial charge in [0.25, 0.3) is 0 Å². The molecule has 26 heavy (non-hydrogen) atoms. The molecule has 1 aromatic carbocycles. The molecule has 1 unspecified atom stereocenters. The van der Waals surface area contributed by atoms with Crippen LogP contribution >= 0.6 is 0 Å². The Hall–Kier alpha value is -1.71. The summed E-state index contributed by atoms with van der Waals surface area (Å²) in [5.74, 6) is 0.589. The fraction of sp³-hybridized carbons (Fsp3) is 0.522. The normalized spacial score (nSPS) is 18.0. The molecule has 0 N–H and O–H groups in total. The molecule has 1 fully saturated rings. The van der Waals surface area contributed by atoms with E-state index in [0.717, 1.165) is 45.7 Å². The van der Waals surface area contributed by atoms with Crippen LogP contribution in [0, 0.1) is 5.92 Å². The van der Waals surface area contributed by atoms with Crippen molar-refractivity contribution < 1.29 is 4.74 Å². The van der Waals surface area contributed by atoms with Crippen molar-refractivity contribution in [3.05, 3.63) is 66.0 Å². The summed E-state index contributed by atoms with van der Waals surface area (Å²) in [7, 11) is 0. The fourth-order valence-corrected chi connectivity index (χ4v) is 4.24. The molecule has 0 aliphatic carbocycles. The Morgan fingerprint density at radius 2 is 1.81 bits per heavy atom. The van der Waals surface area contributed by atoms with Gasteiger partial charge in [-0.15, -0.1) is 0 Å². The molecule has 3 nitrogen and oxygen atoms in total. The average molecular weight is 353 g/mol. The van der Waals surface area contributed by atoms with Crippen LogP contribution in [0.25, 0.3) is 0 Å². The summed E-state index contributed by atoms with van der Waals surface area (Å²) in [5.41, 5.74) is 2.81. The van der Waals surface area contributed by atoms with Crippen LogP contribution < -0.4 is 0 Å². The van der Waals surface area contributed by atoms with Crippen molar-refractivity contribution in [2.45, 2.75) is 45.1 Å². The molecule has 2 heterocycles. The van der Waals surface area contributed by atoms with Crippen LogP contribution in [0.15, 0.2) is 54.7 Å². The minimum atomic E-state index is 0.158. The van der Waals surface area contributed by atoms with E-state index in [1.807, 2.05) is 12.3 Å². The predicted molar refractivity (Wildman–Crippen MR) is 107 cm³/mol. The van der Waals surface area contributed by atoms with Crippen LogP contribution in [0.5, 0.6) is 0 Å². The Labute approximate surface area is 158 Å². The number of pyridine rings is 1. The van der Waals surface area contributed by atoms with Gasteiger partial charge in [-0.25, -0.2) is 0 Å². The molecule has 3 rings (SSSR count). The second kappa shape index (κ2) is 9.29. The Morgan fingerprint density at radius 3 is 2.46 bits per heavy atom. The highest BCUT2D eigenvalue weighted by molar-refractivity contribution is 5.19.